The van der Waals surface area contributed by atoms with Crippen LogP contribution in [0.15, 0.2) is 18.2 Å². The van der Waals surface area contributed by atoms with E-state index in [9.17, 15) is 28.2 Å². The van der Waals surface area contributed by atoms with Crippen LogP contribution in [-0.2, 0) is 15.7 Å². The number of carbonyl (C=O) groups is 1. The molecule has 0 radical (unpaired) electrons. The summed E-state index contributed by atoms with van der Waals surface area (Å²) in [6, 6.07) is 3.24. The molecule has 3 fully saturated rings. The zero-order valence-corrected chi connectivity index (χ0v) is 19.9. The van der Waals surface area contributed by atoms with Crippen molar-refractivity contribution in [3.8, 4) is 5.88 Å². The number of amides is 1. The molecule has 0 bridgehead atoms. The number of halogens is 3. The summed E-state index contributed by atoms with van der Waals surface area (Å²) < 4.78 is 55.2. The van der Waals surface area contributed by atoms with Gasteiger partial charge in [-0.2, -0.15) is 13.2 Å². The van der Waals surface area contributed by atoms with Crippen molar-refractivity contribution in [2.75, 3.05) is 39.3 Å². The number of rotatable bonds is 4. The highest BCUT2D eigenvalue weighted by Gasteiger charge is 2.46. The quantitative estimate of drug-likeness (QED) is 0.641. The van der Waals surface area contributed by atoms with Crippen LogP contribution in [0.4, 0.5) is 18.0 Å². The molecule has 2 N–H and O–H groups in total. The molecule has 3 aliphatic rings. The van der Waals surface area contributed by atoms with Crippen molar-refractivity contribution in [1.82, 2.24) is 14.8 Å². The number of pyridine rings is 1. The predicted octanol–water partition coefficient (Wildman–Crippen LogP) is 1.77. The maximum atomic E-state index is 12.9. The van der Waals surface area contributed by atoms with E-state index in [4.69, 9.17) is 14.2 Å². The number of hydrogen-bond donors (Lipinski definition) is 2. The molecule has 9 nitrogen and oxygen atoms in total. The topological polar surface area (TPSA) is 105 Å². The van der Waals surface area contributed by atoms with Crippen LogP contribution >= 0.6 is 0 Å². The van der Waals surface area contributed by atoms with E-state index in [-0.39, 0.29) is 30.4 Å². The monoisotopic (exact) mass is 503 g/mol. The molecule has 1 aromatic heterocycles. The van der Waals surface area contributed by atoms with E-state index in [1.54, 1.807) is 4.90 Å². The van der Waals surface area contributed by atoms with Gasteiger partial charge in [0.15, 0.2) is 6.10 Å². The first kappa shape index (κ1) is 25.9. The number of ether oxygens (including phenoxy) is 3. The Morgan fingerprint density at radius 1 is 1.11 bits per heavy atom. The minimum atomic E-state index is -4.62. The maximum absolute atomic E-state index is 12.9. The molecule has 0 spiro atoms. The van der Waals surface area contributed by atoms with Gasteiger partial charge in [0.2, 0.25) is 5.88 Å². The molecule has 1 aromatic rings. The van der Waals surface area contributed by atoms with Gasteiger partial charge in [-0.3, -0.25) is 4.90 Å². The highest BCUT2D eigenvalue weighted by Crippen LogP contribution is 2.33. The number of aliphatic hydroxyl groups is 2. The number of nitrogens with zero attached hydrogens (tertiary/aromatic N) is 3. The third-order valence-corrected chi connectivity index (χ3v) is 6.52. The Labute approximate surface area is 201 Å². The summed E-state index contributed by atoms with van der Waals surface area (Å²) in [5, 5.41) is 21.1. The fourth-order valence-electron chi connectivity index (χ4n) is 4.88. The van der Waals surface area contributed by atoms with Crippen molar-refractivity contribution in [2.24, 2.45) is 11.8 Å². The van der Waals surface area contributed by atoms with Gasteiger partial charge in [-0.15, -0.1) is 0 Å². The summed E-state index contributed by atoms with van der Waals surface area (Å²) in [4.78, 5) is 19.6. The van der Waals surface area contributed by atoms with Crippen LogP contribution < -0.4 is 4.74 Å². The molecule has 1 amide bonds. The number of aromatic nitrogens is 1. The van der Waals surface area contributed by atoms with Crippen molar-refractivity contribution < 1.29 is 42.4 Å². The van der Waals surface area contributed by atoms with Gasteiger partial charge in [-0.1, -0.05) is 6.07 Å². The number of likely N-dealkylation sites (tertiary alicyclic amines) is 2. The van der Waals surface area contributed by atoms with E-state index >= 15 is 0 Å². The lowest BCUT2D eigenvalue weighted by Gasteiger charge is -2.39. The molecule has 0 saturated carbocycles. The number of aliphatic hydroxyl groups excluding tert-OH is 2. The lowest BCUT2D eigenvalue weighted by atomic mass is 9.99. The molecule has 12 heteroatoms. The zero-order valence-electron chi connectivity index (χ0n) is 19.9. The van der Waals surface area contributed by atoms with Crippen LogP contribution in [0, 0.1) is 11.8 Å². The minimum Gasteiger partial charge on any atom is -0.469 e. The van der Waals surface area contributed by atoms with E-state index in [1.807, 2.05) is 20.8 Å². The molecule has 3 saturated heterocycles. The van der Waals surface area contributed by atoms with Crippen molar-refractivity contribution in [3.05, 3.63) is 23.9 Å². The first-order chi connectivity index (χ1) is 16.3. The van der Waals surface area contributed by atoms with E-state index in [0.717, 1.165) is 25.2 Å². The molecular weight excluding hydrogens is 471 g/mol. The molecule has 0 aromatic carbocycles. The third-order valence-electron chi connectivity index (χ3n) is 6.52. The molecule has 4 heterocycles. The van der Waals surface area contributed by atoms with Gasteiger partial charge in [-0.05, 0) is 38.7 Å². The fourth-order valence-corrected chi connectivity index (χ4v) is 4.88. The van der Waals surface area contributed by atoms with Crippen LogP contribution in [0.25, 0.3) is 0 Å². The molecular formula is C23H32F3N3O6. The Hall–Kier alpha value is -2.15. The Kier molecular flexibility index (Phi) is 7.20. The number of alkyl halides is 3. The van der Waals surface area contributed by atoms with Crippen LogP contribution in [0.5, 0.6) is 5.88 Å². The molecule has 4 rings (SSSR count). The van der Waals surface area contributed by atoms with Gasteiger partial charge < -0.3 is 29.3 Å². The van der Waals surface area contributed by atoms with Crippen molar-refractivity contribution >= 4 is 6.09 Å². The van der Waals surface area contributed by atoms with E-state index in [1.165, 1.54) is 6.07 Å². The SMILES string of the molecule is CC(C)(C)OC(=O)N1CC2CN(C[C@H]3OC[C@H](Oc4cccc(C(F)(F)F)n4)[C@@H](O)[C@H]3O)CC2C1. The van der Waals surface area contributed by atoms with Crippen molar-refractivity contribution in [3.63, 3.8) is 0 Å². The summed E-state index contributed by atoms with van der Waals surface area (Å²) in [5.74, 6) is 0.271. The highest BCUT2D eigenvalue weighted by molar-refractivity contribution is 5.68. The predicted molar refractivity (Wildman–Crippen MR) is 117 cm³/mol. The molecule has 6 atom stereocenters. The third kappa shape index (κ3) is 6.16. The lowest BCUT2D eigenvalue weighted by Crippen LogP contribution is -2.57. The maximum Gasteiger partial charge on any atom is 0.433 e. The van der Waals surface area contributed by atoms with Crippen LogP contribution in [0.3, 0.4) is 0 Å². The number of hydrogen-bond acceptors (Lipinski definition) is 8. The Morgan fingerprint density at radius 2 is 1.77 bits per heavy atom. The number of fused-ring (bicyclic) bond motifs is 1. The smallest absolute Gasteiger partial charge is 0.433 e. The highest BCUT2D eigenvalue weighted by atomic mass is 19.4. The van der Waals surface area contributed by atoms with Crippen molar-refractivity contribution in [2.45, 2.75) is 57.0 Å². The average molecular weight is 504 g/mol. The molecule has 3 aliphatic heterocycles. The molecule has 0 aliphatic carbocycles. The largest absolute Gasteiger partial charge is 0.469 e. The van der Waals surface area contributed by atoms with Crippen LogP contribution in [0.2, 0.25) is 0 Å². The van der Waals surface area contributed by atoms with E-state index in [2.05, 4.69) is 9.88 Å². The Morgan fingerprint density at radius 3 is 2.37 bits per heavy atom. The zero-order chi connectivity index (χ0) is 25.5. The Bertz CT molecular complexity index is 897. The first-order valence-corrected chi connectivity index (χ1v) is 11.7. The first-order valence-electron chi connectivity index (χ1n) is 11.7. The summed E-state index contributed by atoms with van der Waals surface area (Å²) in [6.07, 6.45) is -9.30. The van der Waals surface area contributed by atoms with Gasteiger partial charge >= 0.3 is 12.3 Å². The second kappa shape index (κ2) is 9.72. The summed E-state index contributed by atoms with van der Waals surface area (Å²) in [5.41, 5.74) is -1.65. The second-order valence-corrected chi connectivity index (χ2v) is 10.5. The van der Waals surface area contributed by atoms with Gasteiger partial charge in [-0.25, -0.2) is 9.78 Å². The normalized spacial score (nSPS) is 31.9. The van der Waals surface area contributed by atoms with E-state index < -0.39 is 41.9 Å². The molecule has 35 heavy (non-hydrogen) atoms. The van der Waals surface area contributed by atoms with Gasteiger partial charge in [0.05, 0.1) is 12.7 Å². The van der Waals surface area contributed by atoms with Crippen LogP contribution in [0.1, 0.15) is 26.5 Å². The fraction of sp³-hybridized carbons (Fsp3) is 0.739. The summed E-state index contributed by atoms with van der Waals surface area (Å²) in [7, 11) is 0. The van der Waals surface area contributed by atoms with Gasteiger partial charge in [0.25, 0.3) is 0 Å². The minimum absolute atomic E-state index is 0.103. The standard InChI is InChI=1S/C23H32F3N3O6/c1-22(2,3)35-21(32)29-9-13-7-28(8-14(13)10-29)11-15-19(30)20(31)16(12-33-15)34-18-6-4-5-17(27-18)23(24,25)26/h4-6,13-16,19-20,30-31H,7-12H2,1-3H3/t13?,14?,15-,16+,19+,20-/m1/s1. The number of carbonyl (C=O) groups excluding carboxylic acids is 1. The second-order valence-electron chi connectivity index (χ2n) is 10.5. The molecule has 196 valence electrons. The lowest BCUT2D eigenvalue weighted by molar-refractivity contribution is -0.184. The van der Waals surface area contributed by atoms with Crippen molar-refractivity contribution in [1.29, 1.82) is 0 Å². The van der Waals surface area contributed by atoms with E-state index in [0.29, 0.717) is 19.6 Å². The molecule has 2 unspecified atom stereocenters. The van der Waals surface area contributed by atoms with Crippen LogP contribution in [-0.4, -0.2) is 100 Å². The van der Waals surface area contributed by atoms with Gasteiger partial charge in [0, 0.05) is 38.8 Å². The summed E-state index contributed by atoms with van der Waals surface area (Å²) in [6.45, 7) is 8.43. The summed E-state index contributed by atoms with van der Waals surface area (Å²) >= 11 is 0. The Balaban J connectivity index is 1.27. The average Bonchev–Trinajstić information content (AvgIpc) is 3.31. The van der Waals surface area contributed by atoms with Gasteiger partial charge in [0.1, 0.15) is 23.5 Å².